The Bertz CT molecular complexity index is 1390. The highest BCUT2D eigenvalue weighted by molar-refractivity contribution is 6.30. The first-order valence-corrected chi connectivity index (χ1v) is 11.1. The molecule has 0 unspecified atom stereocenters. The third-order valence-electron chi connectivity index (χ3n) is 5.93. The van der Waals surface area contributed by atoms with Crippen LogP contribution >= 0.6 is 11.6 Å². The van der Waals surface area contributed by atoms with Gasteiger partial charge in [0.2, 0.25) is 0 Å². The summed E-state index contributed by atoms with van der Waals surface area (Å²) in [6.07, 6.45) is 3.51. The van der Waals surface area contributed by atoms with E-state index in [-0.39, 0.29) is 11.6 Å². The second-order valence-electron chi connectivity index (χ2n) is 8.06. The summed E-state index contributed by atoms with van der Waals surface area (Å²) in [6, 6.07) is 15.7. The van der Waals surface area contributed by atoms with Crippen molar-refractivity contribution in [1.29, 1.82) is 0 Å². The standard InChI is InChI=1S/C27H23ClN2O5/c1-16-11-22(15-23(17(16)2)30(32)33)29-24(19-6-8-21(28)9-7-19)14-20(27(29)31)12-18-5-10-25(34-3)26(13-18)35-4/h5-15H,1-4H3/b20-12+. The summed E-state index contributed by atoms with van der Waals surface area (Å²) >= 11 is 6.08. The van der Waals surface area contributed by atoms with Crippen LogP contribution in [0.5, 0.6) is 11.5 Å². The maximum Gasteiger partial charge on any atom is 0.274 e. The highest BCUT2D eigenvalue weighted by atomic mass is 35.5. The summed E-state index contributed by atoms with van der Waals surface area (Å²) in [4.78, 5) is 26.4. The number of hydrogen-bond donors (Lipinski definition) is 0. The first-order chi connectivity index (χ1) is 16.7. The summed E-state index contributed by atoms with van der Waals surface area (Å²) < 4.78 is 10.7. The number of anilines is 1. The molecule has 0 atom stereocenters. The first kappa shape index (κ1) is 24.0. The molecule has 0 fully saturated rings. The molecule has 1 amide bonds. The highest BCUT2D eigenvalue weighted by Gasteiger charge is 2.32. The van der Waals surface area contributed by atoms with E-state index in [1.807, 2.05) is 18.2 Å². The number of halogens is 1. The normalized spacial score (nSPS) is 14.3. The van der Waals surface area contributed by atoms with Crippen LogP contribution in [0, 0.1) is 24.0 Å². The Kier molecular flexibility index (Phi) is 6.62. The van der Waals surface area contributed by atoms with Gasteiger partial charge < -0.3 is 9.47 Å². The van der Waals surface area contributed by atoms with Crippen LogP contribution < -0.4 is 14.4 Å². The van der Waals surface area contributed by atoms with Gasteiger partial charge in [0, 0.05) is 22.2 Å². The van der Waals surface area contributed by atoms with Gasteiger partial charge in [0.05, 0.1) is 30.5 Å². The van der Waals surface area contributed by atoms with Crippen LogP contribution in [0.15, 0.2) is 66.2 Å². The van der Waals surface area contributed by atoms with Gasteiger partial charge in [0.15, 0.2) is 11.5 Å². The fourth-order valence-electron chi connectivity index (χ4n) is 3.97. The molecule has 178 valence electrons. The van der Waals surface area contributed by atoms with Crippen molar-refractivity contribution < 1.29 is 19.2 Å². The van der Waals surface area contributed by atoms with Gasteiger partial charge in [-0.05, 0) is 73.0 Å². The van der Waals surface area contributed by atoms with Crippen molar-refractivity contribution in [3.8, 4) is 11.5 Å². The lowest BCUT2D eigenvalue weighted by Gasteiger charge is -2.22. The van der Waals surface area contributed by atoms with Crippen LogP contribution in [-0.4, -0.2) is 25.1 Å². The molecule has 1 heterocycles. The summed E-state index contributed by atoms with van der Waals surface area (Å²) in [7, 11) is 3.10. The van der Waals surface area contributed by atoms with E-state index in [0.29, 0.717) is 39.0 Å². The minimum absolute atomic E-state index is 0.0411. The molecule has 0 aromatic heterocycles. The first-order valence-electron chi connectivity index (χ1n) is 10.7. The molecule has 35 heavy (non-hydrogen) atoms. The van der Waals surface area contributed by atoms with Crippen molar-refractivity contribution >= 4 is 40.7 Å². The lowest BCUT2D eigenvalue weighted by Crippen LogP contribution is -2.25. The lowest BCUT2D eigenvalue weighted by atomic mass is 10.1. The Morgan fingerprint density at radius 1 is 0.971 bits per heavy atom. The fourth-order valence-corrected chi connectivity index (χ4v) is 4.09. The number of carbonyl (C=O) groups excluding carboxylic acids is 1. The summed E-state index contributed by atoms with van der Waals surface area (Å²) in [6.45, 7) is 3.49. The van der Waals surface area contributed by atoms with Gasteiger partial charge in [-0.2, -0.15) is 0 Å². The zero-order chi connectivity index (χ0) is 25.3. The van der Waals surface area contributed by atoms with Crippen LogP contribution in [0.4, 0.5) is 11.4 Å². The predicted molar refractivity (Wildman–Crippen MR) is 137 cm³/mol. The van der Waals surface area contributed by atoms with Crippen LogP contribution in [0.25, 0.3) is 11.8 Å². The number of hydrogen-bond acceptors (Lipinski definition) is 5. The third-order valence-corrected chi connectivity index (χ3v) is 6.18. The van der Waals surface area contributed by atoms with Crippen LogP contribution in [0.2, 0.25) is 5.02 Å². The molecule has 1 aliphatic heterocycles. The van der Waals surface area contributed by atoms with Gasteiger partial charge in [0.25, 0.3) is 11.6 Å². The van der Waals surface area contributed by atoms with Crippen molar-refractivity contribution in [1.82, 2.24) is 0 Å². The van der Waals surface area contributed by atoms with Gasteiger partial charge in [0.1, 0.15) is 0 Å². The molecule has 0 saturated carbocycles. The average Bonchev–Trinajstić information content (AvgIpc) is 3.16. The summed E-state index contributed by atoms with van der Waals surface area (Å²) in [5.41, 5.74) is 4.16. The molecule has 0 radical (unpaired) electrons. The number of nitro groups is 1. The van der Waals surface area contributed by atoms with Gasteiger partial charge in [-0.25, -0.2) is 0 Å². The maximum absolute atomic E-state index is 13.7. The van der Waals surface area contributed by atoms with Gasteiger partial charge in [-0.15, -0.1) is 0 Å². The van der Waals surface area contributed by atoms with E-state index < -0.39 is 4.92 Å². The number of amides is 1. The molecule has 4 rings (SSSR count). The maximum atomic E-state index is 13.7. The van der Waals surface area contributed by atoms with E-state index in [4.69, 9.17) is 21.1 Å². The largest absolute Gasteiger partial charge is 0.493 e. The SMILES string of the molecule is COc1ccc(/C=C2\C=C(c3ccc(Cl)cc3)N(c3cc(C)c(C)c([N+](=O)[O-])c3)C2=O)cc1OC. The number of benzene rings is 3. The number of ether oxygens (including phenoxy) is 2. The van der Waals surface area contributed by atoms with E-state index in [0.717, 1.165) is 16.7 Å². The zero-order valence-corrected chi connectivity index (χ0v) is 20.4. The molecular formula is C27H23ClN2O5. The monoisotopic (exact) mass is 490 g/mol. The van der Waals surface area contributed by atoms with E-state index >= 15 is 0 Å². The molecule has 8 heteroatoms. The quantitative estimate of drug-likeness (QED) is 0.228. The number of nitro benzene ring substituents is 1. The molecule has 3 aromatic carbocycles. The molecule has 3 aromatic rings. The second kappa shape index (κ2) is 9.64. The Labute approximate surface area is 208 Å². The van der Waals surface area contributed by atoms with Gasteiger partial charge in [-0.1, -0.05) is 29.8 Å². The van der Waals surface area contributed by atoms with Crippen LogP contribution in [-0.2, 0) is 4.79 Å². The van der Waals surface area contributed by atoms with Crippen molar-refractivity contribution in [3.63, 3.8) is 0 Å². The molecule has 0 spiro atoms. The van der Waals surface area contributed by atoms with Crippen molar-refractivity contribution in [2.45, 2.75) is 13.8 Å². The Hall–Kier alpha value is -4.10. The number of methoxy groups -OCH3 is 2. The van der Waals surface area contributed by atoms with E-state index in [2.05, 4.69) is 0 Å². The molecular weight excluding hydrogens is 468 g/mol. The Balaban J connectivity index is 1.87. The number of aryl methyl sites for hydroxylation is 1. The molecule has 1 aliphatic rings. The van der Waals surface area contributed by atoms with E-state index in [1.165, 1.54) is 11.0 Å². The van der Waals surface area contributed by atoms with Crippen LogP contribution in [0.1, 0.15) is 22.3 Å². The Morgan fingerprint density at radius 2 is 1.66 bits per heavy atom. The minimum atomic E-state index is -0.432. The third kappa shape index (κ3) is 4.63. The number of rotatable bonds is 6. The zero-order valence-electron chi connectivity index (χ0n) is 19.7. The van der Waals surface area contributed by atoms with E-state index in [9.17, 15) is 14.9 Å². The smallest absolute Gasteiger partial charge is 0.274 e. The van der Waals surface area contributed by atoms with Crippen molar-refractivity contribution in [3.05, 3.63) is 104 Å². The molecule has 0 aliphatic carbocycles. The Morgan fingerprint density at radius 3 is 2.29 bits per heavy atom. The summed E-state index contributed by atoms with van der Waals surface area (Å²) in [5.74, 6) is 0.812. The molecule has 0 saturated heterocycles. The van der Waals surface area contributed by atoms with Gasteiger partial charge in [-0.3, -0.25) is 19.8 Å². The molecule has 0 N–H and O–H groups in total. The number of nitrogens with zero attached hydrogens (tertiary/aromatic N) is 2. The fraction of sp³-hybridized carbons (Fsp3) is 0.148. The van der Waals surface area contributed by atoms with Crippen molar-refractivity contribution in [2.24, 2.45) is 0 Å². The second-order valence-corrected chi connectivity index (χ2v) is 8.49. The molecule has 7 nitrogen and oxygen atoms in total. The molecule has 0 bridgehead atoms. The summed E-state index contributed by atoms with van der Waals surface area (Å²) in [5, 5.41) is 12.2. The van der Waals surface area contributed by atoms with Crippen LogP contribution in [0.3, 0.4) is 0 Å². The van der Waals surface area contributed by atoms with Crippen molar-refractivity contribution in [2.75, 3.05) is 19.1 Å². The number of carbonyl (C=O) groups is 1. The average molecular weight is 491 g/mol. The topological polar surface area (TPSA) is 81.9 Å². The predicted octanol–water partition coefficient (Wildman–Crippen LogP) is 6.35. The minimum Gasteiger partial charge on any atom is -0.493 e. The lowest BCUT2D eigenvalue weighted by molar-refractivity contribution is -0.385. The van der Waals surface area contributed by atoms with E-state index in [1.54, 1.807) is 70.6 Å². The van der Waals surface area contributed by atoms with Gasteiger partial charge >= 0.3 is 0 Å². The highest BCUT2D eigenvalue weighted by Crippen LogP contribution is 2.39.